The van der Waals surface area contributed by atoms with E-state index in [0.29, 0.717) is 40.2 Å². The Hall–Kier alpha value is -7.88. The molecule has 0 atom stereocenters. The zero-order valence-electron chi connectivity index (χ0n) is 31.2. The Morgan fingerprint density at radius 1 is 0.310 bits per heavy atom. The molecule has 58 heavy (non-hydrogen) atoms. The monoisotopic (exact) mass is 740 g/mol. The summed E-state index contributed by atoms with van der Waals surface area (Å²) in [5, 5.41) is 10.8. The lowest BCUT2D eigenvalue weighted by Gasteiger charge is -2.55. The Morgan fingerprint density at radius 2 is 0.586 bits per heavy atom. The molecule has 0 unspecified atom stereocenters. The number of hydrogen-bond donors (Lipinski definition) is 0. The van der Waals surface area contributed by atoms with Gasteiger partial charge in [0.1, 0.15) is 28.3 Å². The van der Waals surface area contributed by atoms with Gasteiger partial charge in [0.05, 0.1) is 11.4 Å². The summed E-state index contributed by atoms with van der Waals surface area (Å²) < 4.78 is 0. The third-order valence-electron chi connectivity index (χ3n) is 11.7. The third kappa shape index (κ3) is 4.68. The fourth-order valence-corrected chi connectivity index (χ4v) is 9.33. The van der Waals surface area contributed by atoms with Crippen molar-refractivity contribution < 1.29 is 0 Å². The molecule has 0 spiro atoms. The average Bonchev–Trinajstić information content (AvgIpc) is 3.32. The van der Waals surface area contributed by atoms with Crippen LogP contribution in [0.1, 0.15) is 50.6 Å². The summed E-state index contributed by atoms with van der Waals surface area (Å²) in [6, 6.07) is 68.5. The topological polar surface area (TPSA) is 88.2 Å². The first-order valence-corrected chi connectivity index (χ1v) is 19.3. The van der Waals surface area contributed by atoms with Crippen LogP contribution in [-0.2, 0) is 10.8 Å². The van der Waals surface area contributed by atoms with Crippen LogP contribution >= 0.6 is 0 Å². The molecule has 0 aliphatic heterocycles. The second kappa shape index (κ2) is 13.1. The second-order valence-electron chi connectivity index (χ2n) is 14.6. The third-order valence-corrected chi connectivity index (χ3v) is 11.7. The lowest BCUT2D eigenvalue weighted by atomic mass is 9.46. The zero-order chi connectivity index (χ0) is 38.7. The van der Waals surface area contributed by atoms with Crippen LogP contribution in [0.15, 0.2) is 194 Å². The van der Waals surface area contributed by atoms with Crippen molar-refractivity contribution in [3.63, 3.8) is 0 Å². The molecule has 2 bridgehead atoms. The first kappa shape index (κ1) is 33.5. The van der Waals surface area contributed by atoms with Crippen LogP contribution in [-0.4, -0.2) is 24.9 Å². The molecule has 0 N–H and O–H groups in total. The van der Waals surface area contributed by atoms with E-state index in [-0.39, 0.29) is 0 Å². The number of nitriles is 1. The fourth-order valence-electron chi connectivity index (χ4n) is 9.33. The van der Waals surface area contributed by atoms with Crippen molar-refractivity contribution in [1.29, 1.82) is 5.26 Å². The zero-order valence-corrected chi connectivity index (χ0v) is 31.2. The minimum Gasteiger partial charge on any atom is -0.230 e. The lowest BCUT2D eigenvalue weighted by molar-refractivity contribution is 0.518. The number of hydrogen-bond acceptors (Lipinski definition) is 6. The molecule has 0 radical (unpaired) electrons. The van der Waals surface area contributed by atoms with Crippen molar-refractivity contribution in [3.8, 4) is 51.4 Å². The highest BCUT2D eigenvalue weighted by Gasteiger charge is 2.62. The van der Waals surface area contributed by atoms with Gasteiger partial charge in [-0.2, -0.15) is 5.26 Å². The lowest BCUT2D eigenvalue weighted by Crippen LogP contribution is -2.53. The van der Waals surface area contributed by atoms with Gasteiger partial charge in [-0.1, -0.05) is 194 Å². The van der Waals surface area contributed by atoms with Crippen molar-refractivity contribution in [2.24, 2.45) is 0 Å². The highest BCUT2D eigenvalue weighted by Crippen LogP contribution is 2.65. The highest BCUT2D eigenvalue weighted by atomic mass is 15.1. The van der Waals surface area contributed by atoms with E-state index in [1.54, 1.807) is 0 Å². The molecule has 12 rings (SSSR count). The molecule has 0 fully saturated rings. The smallest absolute Gasteiger partial charge is 0.163 e. The molecule has 7 aromatic carbocycles. The molecule has 0 saturated carbocycles. The van der Waals surface area contributed by atoms with E-state index in [1.807, 2.05) is 121 Å². The molecule has 6 heteroatoms. The van der Waals surface area contributed by atoms with Gasteiger partial charge in [-0.3, -0.25) is 0 Å². The highest BCUT2D eigenvalue weighted by molar-refractivity contribution is 5.83. The maximum atomic E-state index is 10.8. The predicted octanol–water partition coefficient (Wildman–Crippen LogP) is 10.6. The molecular formula is C52H32N6. The molecule has 2 heterocycles. The maximum Gasteiger partial charge on any atom is 0.163 e. The Balaban J connectivity index is 1.29. The summed E-state index contributed by atoms with van der Waals surface area (Å²) >= 11 is 0. The molecule has 0 saturated heterocycles. The second-order valence-corrected chi connectivity index (χ2v) is 14.6. The van der Waals surface area contributed by atoms with Crippen LogP contribution in [0.5, 0.6) is 0 Å². The Labute approximate surface area is 335 Å². The Kier molecular flexibility index (Phi) is 7.57. The summed E-state index contributed by atoms with van der Waals surface area (Å²) in [5.41, 5.74) is 9.48. The van der Waals surface area contributed by atoms with Crippen molar-refractivity contribution >= 4 is 0 Å². The van der Waals surface area contributed by atoms with E-state index in [1.165, 1.54) is 0 Å². The molecule has 3 aliphatic rings. The van der Waals surface area contributed by atoms with Gasteiger partial charge in [0.25, 0.3) is 0 Å². The summed E-state index contributed by atoms with van der Waals surface area (Å²) in [6.45, 7) is 0. The molecule has 0 amide bonds. The number of benzene rings is 7. The normalized spacial score (nSPS) is 17.1. The van der Waals surface area contributed by atoms with E-state index in [2.05, 4.69) is 78.9 Å². The number of aromatic nitrogens is 5. The fraction of sp³-hybridized carbons (Fsp3) is 0.0385. The van der Waals surface area contributed by atoms with Gasteiger partial charge in [-0.05, 0) is 33.4 Å². The summed E-state index contributed by atoms with van der Waals surface area (Å²) in [5.74, 6) is 2.43. The predicted molar refractivity (Wildman–Crippen MR) is 226 cm³/mol. The van der Waals surface area contributed by atoms with E-state index in [9.17, 15) is 5.26 Å². The van der Waals surface area contributed by atoms with Crippen molar-refractivity contribution in [2.75, 3.05) is 0 Å². The van der Waals surface area contributed by atoms with Crippen LogP contribution in [0.4, 0.5) is 0 Å². The van der Waals surface area contributed by atoms with Crippen LogP contribution in [0.25, 0.3) is 45.3 Å². The summed E-state index contributed by atoms with van der Waals surface area (Å²) in [6.07, 6.45) is 0. The minimum atomic E-state index is -0.968. The van der Waals surface area contributed by atoms with Crippen LogP contribution in [0, 0.1) is 11.3 Å². The van der Waals surface area contributed by atoms with Crippen molar-refractivity contribution in [1.82, 2.24) is 24.9 Å². The van der Waals surface area contributed by atoms with Gasteiger partial charge >= 0.3 is 0 Å². The first-order valence-electron chi connectivity index (χ1n) is 19.3. The van der Waals surface area contributed by atoms with E-state index in [0.717, 1.165) is 55.6 Å². The largest absolute Gasteiger partial charge is 0.230 e. The van der Waals surface area contributed by atoms with Crippen molar-refractivity contribution in [3.05, 3.63) is 245 Å². The van der Waals surface area contributed by atoms with Crippen LogP contribution < -0.4 is 0 Å². The van der Waals surface area contributed by atoms with Gasteiger partial charge < -0.3 is 0 Å². The van der Waals surface area contributed by atoms with Gasteiger partial charge in [0, 0.05) is 22.3 Å². The van der Waals surface area contributed by atoms with E-state index < -0.39 is 10.8 Å². The van der Waals surface area contributed by atoms with Gasteiger partial charge in [-0.15, -0.1) is 0 Å². The van der Waals surface area contributed by atoms with E-state index in [4.69, 9.17) is 24.9 Å². The first-order chi connectivity index (χ1) is 28.7. The van der Waals surface area contributed by atoms with Crippen LogP contribution in [0.3, 0.4) is 0 Å². The van der Waals surface area contributed by atoms with Crippen molar-refractivity contribution in [2.45, 2.75) is 10.8 Å². The molecule has 3 aliphatic carbocycles. The average molecular weight is 741 g/mol. The summed E-state index contributed by atoms with van der Waals surface area (Å²) in [4.78, 5) is 27.0. The Bertz CT molecular complexity index is 2830. The molecule has 9 aromatic rings. The van der Waals surface area contributed by atoms with Gasteiger partial charge in [-0.25, -0.2) is 24.9 Å². The molecule has 2 aromatic heterocycles. The molecule has 270 valence electrons. The molecule has 6 nitrogen and oxygen atoms in total. The SMILES string of the molecule is N#Cc1c(-c2ccccc2)nc(C23c4ccccc4C(c4nc(-c5ccccc5)nc(-c5ccccc5)n4)(c4ccccc42)c2ccccc23)nc1-c1ccccc1. The standard InChI is InChI=1S/C52H32N6/c53-33-38-45(34-19-5-1-6-20-34)54-49(55-46(38)35-21-7-2-8-22-35)51-39-27-13-16-30-42(39)52(43-31-17-14-28-40(43)51,44-32-18-15-29-41(44)51)50-57-47(36-23-9-3-10-24-36)56-48(58-50)37-25-11-4-12-26-37/h1-32H. The van der Waals surface area contributed by atoms with Crippen LogP contribution in [0.2, 0.25) is 0 Å². The van der Waals surface area contributed by atoms with Gasteiger partial charge in [0.2, 0.25) is 0 Å². The van der Waals surface area contributed by atoms with E-state index >= 15 is 0 Å². The number of nitrogens with zero attached hydrogens (tertiary/aromatic N) is 6. The number of rotatable bonds is 6. The molecular weight excluding hydrogens is 709 g/mol. The maximum absolute atomic E-state index is 10.8. The van der Waals surface area contributed by atoms with Gasteiger partial charge in [0.15, 0.2) is 17.5 Å². The Morgan fingerprint density at radius 3 is 0.897 bits per heavy atom. The quantitative estimate of drug-likeness (QED) is 0.169. The minimum absolute atomic E-state index is 0.431. The summed E-state index contributed by atoms with van der Waals surface area (Å²) in [7, 11) is 0.